The van der Waals surface area contributed by atoms with Crippen LogP contribution >= 0.6 is 0 Å². The SMILES string of the molecule is Cc1ccc([NH-])c(N)c1.Cc1ccc([NH-])c(N)c1.[Ni]. The molecule has 0 heterocycles. The van der Waals surface area contributed by atoms with Crippen molar-refractivity contribution in [1.82, 2.24) is 0 Å². The molecule has 5 heteroatoms. The topological polar surface area (TPSA) is 99.6 Å². The molecular formula is C14H18N4Ni-2. The Morgan fingerprint density at radius 1 is 0.737 bits per heavy atom. The van der Waals surface area contributed by atoms with Crippen LogP contribution in [-0.2, 0) is 16.5 Å². The quantitative estimate of drug-likeness (QED) is 0.552. The third-order valence-corrected chi connectivity index (χ3v) is 2.41. The fourth-order valence-corrected chi connectivity index (χ4v) is 1.36. The Kier molecular flexibility index (Phi) is 6.80. The van der Waals surface area contributed by atoms with E-state index in [1.54, 1.807) is 24.3 Å². The number of nitrogens with two attached hydrogens (primary N) is 2. The van der Waals surface area contributed by atoms with E-state index in [9.17, 15) is 0 Å². The molecule has 2 rings (SSSR count). The third kappa shape index (κ3) is 5.53. The van der Waals surface area contributed by atoms with Gasteiger partial charge in [-0.1, -0.05) is 24.3 Å². The number of anilines is 2. The van der Waals surface area contributed by atoms with Crippen LogP contribution in [0.15, 0.2) is 36.4 Å². The average molecular weight is 301 g/mol. The summed E-state index contributed by atoms with van der Waals surface area (Å²) in [5.74, 6) is 0. The van der Waals surface area contributed by atoms with Gasteiger partial charge in [0.25, 0.3) is 0 Å². The fraction of sp³-hybridized carbons (Fsp3) is 0.143. The van der Waals surface area contributed by atoms with Gasteiger partial charge in [0.2, 0.25) is 0 Å². The van der Waals surface area contributed by atoms with Crippen molar-refractivity contribution in [2.24, 2.45) is 0 Å². The van der Waals surface area contributed by atoms with Crippen molar-refractivity contribution in [3.05, 3.63) is 59.0 Å². The standard InChI is InChI=1S/2C7H9N2.Ni/c2*1-5-2-3-6(8)7(9)4-5;/h2*2-4,8H,9H2,1H3;/q2*-1;. The van der Waals surface area contributed by atoms with Crippen LogP contribution in [0.1, 0.15) is 11.1 Å². The van der Waals surface area contributed by atoms with Crippen LogP contribution < -0.4 is 11.5 Å². The zero-order valence-corrected chi connectivity index (χ0v) is 11.9. The third-order valence-electron chi connectivity index (χ3n) is 2.41. The number of rotatable bonds is 0. The summed E-state index contributed by atoms with van der Waals surface area (Å²) in [5, 5.41) is 0. The first-order chi connectivity index (χ1) is 8.40. The maximum atomic E-state index is 7.19. The second-order valence-electron chi connectivity index (χ2n) is 4.18. The largest absolute Gasteiger partial charge is 0.697 e. The molecule has 4 nitrogen and oxygen atoms in total. The smallest absolute Gasteiger partial charge is 0.0163 e. The number of aryl methyl sites for hydroxylation is 2. The molecule has 0 aliphatic carbocycles. The van der Waals surface area contributed by atoms with Gasteiger partial charge in [0.15, 0.2) is 0 Å². The van der Waals surface area contributed by atoms with Crippen LogP contribution in [0.25, 0.3) is 11.5 Å². The van der Waals surface area contributed by atoms with Crippen LogP contribution in [0.4, 0.5) is 22.7 Å². The molecule has 0 spiro atoms. The minimum Gasteiger partial charge on any atom is -0.697 e. The molecule has 2 aromatic carbocycles. The van der Waals surface area contributed by atoms with Gasteiger partial charge in [0.1, 0.15) is 0 Å². The molecule has 0 unspecified atom stereocenters. The zero-order valence-electron chi connectivity index (χ0n) is 10.9. The summed E-state index contributed by atoms with van der Waals surface area (Å²) in [4.78, 5) is 0. The number of nitrogen functional groups attached to an aromatic ring is 2. The van der Waals surface area contributed by atoms with E-state index in [1.807, 2.05) is 26.0 Å². The molecule has 0 aliphatic heterocycles. The van der Waals surface area contributed by atoms with Gasteiger partial charge in [0.05, 0.1) is 0 Å². The van der Waals surface area contributed by atoms with Crippen molar-refractivity contribution < 1.29 is 16.5 Å². The molecule has 0 atom stereocenters. The van der Waals surface area contributed by atoms with Gasteiger partial charge < -0.3 is 22.9 Å². The van der Waals surface area contributed by atoms with Gasteiger partial charge in [-0.25, -0.2) is 0 Å². The van der Waals surface area contributed by atoms with E-state index in [-0.39, 0.29) is 16.5 Å². The van der Waals surface area contributed by atoms with Gasteiger partial charge in [0, 0.05) is 27.9 Å². The predicted octanol–water partition coefficient (Wildman–Crippen LogP) is 4.52. The summed E-state index contributed by atoms with van der Waals surface area (Å²) in [7, 11) is 0. The van der Waals surface area contributed by atoms with E-state index in [2.05, 4.69) is 0 Å². The first-order valence-electron chi connectivity index (χ1n) is 5.55. The van der Waals surface area contributed by atoms with E-state index in [0.29, 0.717) is 22.7 Å². The van der Waals surface area contributed by atoms with Gasteiger partial charge in [-0.2, -0.15) is 0 Å². The molecule has 19 heavy (non-hydrogen) atoms. The van der Waals surface area contributed by atoms with Crippen LogP contribution in [0.5, 0.6) is 0 Å². The Bertz CT molecular complexity index is 491. The van der Waals surface area contributed by atoms with Crippen molar-refractivity contribution in [2.45, 2.75) is 13.8 Å². The Labute approximate surface area is 124 Å². The molecule has 0 saturated heterocycles. The van der Waals surface area contributed by atoms with Crippen molar-refractivity contribution >= 4 is 22.7 Å². The zero-order chi connectivity index (χ0) is 13.7. The summed E-state index contributed by atoms with van der Waals surface area (Å²) >= 11 is 0. The first kappa shape index (κ1) is 17.1. The summed E-state index contributed by atoms with van der Waals surface area (Å²) in [6.45, 7) is 3.91. The van der Waals surface area contributed by atoms with E-state index in [4.69, 9.17) is 22.9 Å². The van der Waals surface area contributed by atoms with Crippen LogP contribution in [0, 0.1) is 13.8 Å². The summed E-state index contributed by atoms with van der Waals surface area (Å²) < 4.78 is 0. The summed E-state index contributed by atoms with van der Waals surface area (Å²) in [5.41, 5.74) is 29.4. The molecule has 0 aromatic heterocycles. The van der Waals surface area contributed by atoms with Gasteiger partial charge in [-0.3, -0.25) is 0 Å². The molecule has 0 fully saturated rings. The van der Waals surface area contributed by atoms with Gasteiger partial charge >= 0.3 is 0 Å². The van der Waals surface area contributed by atoms with E-state index in [1.165, 1.54) is 0 Å². The van der Waals surface area contributed by atoms with Gasteiger partial charge in [-0.15, -0.1) is 11.4 Å². The summed E-state index contributed by atoms with van der Waals surface area (Å²) in [6.07, 6.45) is 0. The maximum Gasteiger partial charge on any atom is 0.0163 e. The number of hydrogen-bond acceptors (Lipinski definition) is 2. The molecule has 0 saturated carbocycles. The Morgan fingerprint density at radius 2 is 1.05 bits per heavy atom. The number of hydrogen-bond donors (Lipinski definition) is 2. The molecule has 6 N–H and O–H groups in total. The van der Waals surface area contributed by atoms with Crippen LogP contribution in [0.3, 0.4) is 0 Å². The molecule has 0 aliphatic rings. The van der Waals surface area contributed by atoms with E-state index < -0.39 is 0 Å². The Hall–Kier alpha value is -1.87. The van der Waals surface area contributed by atoms with Crippen LogP contribution in [-0.4, -0.2) is 0 Å². The number of nitrogens with one attached hydrogen (secondary N) is 2. The molecule has 106 valence electrons. The van der Waals surface area contributed by atoms with E-state index >= 15 is 0 Å². The normalized spacial score (nSPS) is 8.95. The van der Waals surface area contributed by atoms with Gasteiger partial charge in [-0.05, 0) is 37.1 Å². The van der Waals surface area contributed by atoms with Crippen molar-refractivity contribution in [3.63, 3.8) is 0 Å². The predicted molar refractivity (Wildman–Crippen MR) is 79.1 cm³/mol. The minimum atomic E-state index is 0. The first-order valence-corrected chi connectivity index (χ1v) is 5.55. The molecule has 2 aromatic rings. The van der Waals surface area contributed by atoms with E-state index in [0.717, 1.165) is 11.1 Å². The average Bonchev–Trinajstić information content (AvgIpc) is 2.30. The van der Waals surface area contributed by atoms with Crippen molar-refractivity contribution in [2.75, 3.05) is 11.5 Å². The maximum absolute atomic E-state index is 7.19. The second kappa shape index (κ2) is 7.54. The van der Waals surface area contributed by atoms with Crippen molar-refractivity contribution in [1.29, 1.82) is 0 Å². The summed E-state index contributed by atoms with van der Waals surface area (Å²) in [6, 6.07) is 10.7. The Morgan fingerprint density at radius 3 is 1.26 bits per heavy atom. The fourth-order valence-electron chi connectivity index (χ4n) is 1.36. The second-order valence-corrected chi connectivity index (χ2v) is 4.18. The minimum absolute atomic E-state index is 0. The Balaban J connectivity index is 0.000000324. The monoisotopic (exact) mass is 300 g/mol. The molecule has 0 bridgehead atoms. The molecular weight excluding hydrogens is 283 g/mol. The molecule has 0 amide bonds. The van der Waals surface area contributed by atoms with Crippen LogP contribution in [0.2, 0.25) is 0 Å². The molecule has 0 radical (unpaired) electrons. The van der Waals surface area contributed by atoms with Crippen molar-refractivity contribution in [3.8, 4) is 0 Å². The number of benzene rings is 2.